The topological polar surface area (TPSA) is 138 Å². The second-order valence-electron chi connectivity index (χ2n) is 4.80. The maximum atomic E-state index is 11.9. The highest BCUT2D eigenvalue weighted by molar-refractivity contribution is 5.95. The highest BCUT2D eigenvalue weighted by atomic mass is 16.6. The Labute approximate surface area is 136 Å². The smallest absolute Gasteiger partial charge is 0.271 e. The zero-order chi connectivity index (χ0) is 17.7. The number of hydrazone groups is 1. The van der Waals surface area contributed by atoms with E-state index in [0.29, 0.717) is 11.3 Å². The Balaban J connectivity index is 2.18. The zero-order valence-electron chi connectivity index (χ0n) is 12.6. The van der Waals surface area contributed by atoms with E-state index in [-0.39, 0.29) is 29.2 Å². The summed E-state index contributed by atoms with van der Waals surface area (Å²) in [6.45, 7) is 1.22. The number of aliphatic hydroxyl groups excluding tert-OH is 1. The van der Waals surface area contributed by atoms with Crippen molar-refractivity contribution in [2.75, 3.05) is 0 Å². The number of nitro benzene ring substituents is 1. The van der Waals surface area contributed by atoms with Gasteiger partial charge in [0.1, 0.15) is 5.75 Å². The number of nitrogens with zero attached hydrogens (tertiary/aromatic N) is 3. The number of aryl methyl sites for hydroxylation is 1. The number of aromatic hydroxyl groups is 1. The normalized spacial score (nSPS) is 10.8. The molecule has 0 saturated carbocycles. The predicted octanol–water partition coefficient (Wildman–Crippen LogP) is 1.26. The molecule has 3 N–H and O–H groups in total. The van der Waals surface area contributed by atoms with Crippen LogP contribution in [0.25, 0.3) is 0 Å². The van der Waals surface area contributed by atoms with Gasteiger partial charge in [-0.05, 0) is 13.0 Å². The van der Waals surface area contributed by atoms with Crippen LogP contribution in [0.15, 0.2) is 35.6 Å². The highest BCUT2D eigenvalue weighted by Crippen LogP contribution is 2.21. The maximum Gasteiger partial charge on any atom is 0.271 e. The van der Waals surface area contributed by atoms with Crippen LogP contribution in [0.1, 0.15) is 27.2 Å². The minimum absolute atomic E-state index is 0.0684. The first kappa shape index (κ1) is 17.0. The first-order chi connectivity index (χ1) is 11.4. The van der Waals surface area contributed by atoms with Crippen LogP contribution < -0.4 is 5.43 Å². The van der Waals surface area contributed by atoms with E-state index in [1.807, 2.05) is 0 Å². The van der Waals surface area contributed by atoms with Crippen LogP contribution in [0.3, 0.4) is 0 Å². The van der Waals surface area contributed by atoms with Crippen molar-refractivity contribution in [1.29, 1.82) is 0 Å². The molecule has 0 atom stereocenters. The number of hydrogen-bond donors (Lipinski definition) is 3. The molecular formula is C15H14N4O5. The summed E-state index contributed by atoms with van der Waals surface area (Å²) in [5.74, 6) is -0.805. The second-order valence-corrected chi connectivity index (χ2v) is 4.80. The van der Waals surface area contributed by atoms with Crippen molar-refractivity contribution in [3.05, 3.63) is 63.0 Å². The van der Waals surface area contributed by atoms with E-state index in [0.717, 1.165) is 6.07 Å². The molecule has 0 unspecified atom stereocenters. The first-order valence-electron chi connectivity index (χ1n) is 6.80. The number of nitrogens with one attached hydrogen (secondary N) is 1. The van der Waals surface area contributed by atoms with Crippen molar-refractivity contribution < 1.29 is 19.9 Å². The van der Waals surface area contributed by atoms with E-state index in [1.165, 1.54) is 30.6 Å². The lowest BCUT2D eigenvalue weighted by molar-refractivity contribution is -0.384. The first-order valence-corrected chi connectivity index (χ1v) is 6.80. The summed E-state index contributed by atoms with van der Waals surface area (Å²) in [5, 5.41) is 33.6. The Morgan fingerprint density at radius 3 is 2.92 bits per heavy atom. The number of hydrogen-bond acceptors (Lipinski definition) is 7. The number of pyridine rings is 1. The summed E-state index contributed by atoms with van der Waals surface area (Å²) >= 11 is 0. The maximum absolute atomic E-state index is 11.9. The Morgan fingerprint density at radius 1 is 1.50 bits per heavy atom. The van der Waals surface area contributed by atoms with E-state index < -0.39 is 10.8 Å². The molecule has 0 aliphatic rings. The number of carbonyl (C=O) groups is 1. The molecule has 1 heterocycles. The van der Waals surface area contributed by atoms with E-state index in [1.54, 1.807) is 6.92 Å². The van der Waals surface area contributed by atoms with Gasteiger partial charge in [-0.25, -0.2) is 5.43 Å². The number of carbonyl (C=O) groups excluding carboxylic acids is 1. The molecular weight excluding hydrogens is 316 g/mol. The third-order valence-electron chi connectivity index (χ3n) is 3.21. The third-order valence-corrected chi connectivity index (χ3v) is 3.21. The largest absolute Gasteiger partial charge is 0.505 e. The molecule has 1 aromatic carbocycles. The van der Waals surface area contributed by atoms with Gasteiger partial charge in [-0.3, -0.25) is 19.9 Å². The van der Waals surface area contributed by atoms with Crippen LogP contribution >= 0.6 is 0 Å². The van der Waals surface area contributed by atoms with Crippen LogP contribution in [0.2, 0.25) is 0 Å². The Kier molecular flexibility index (Phi) is 5.17. The number of non-ortho nitro benzene ring substituents is 1. The van der Waals surface area contributed by atoms with E-state index >= 15 is 0 Å². The van der Waals surface area contributed by atoms with Crippen LogP contribution in [-0.2, 0) is 6.61 Å². The van der Waals surface area contributed by atoms with Gasteiger partial charge in [0.2, 0.25) is 0 Å². The molecule has 0 radical (unpaired) electrons. The number of aromatic nitrogens is 1. The van der Waals surface area contributed by atoms with Crippen molar-refractivity contribution in [3.8, 4) is 5.75 Å². The summed E-state index contributed by atoms with van der Waals surface area (Å²) in [5.41, 5.74) is 2.97. The molecule has 1 amide bonds. The number of nitro groups is 1. The summed E-state index contributed by atoms with van der Waals surface area (Å²) in [7, 11) is 0. The molecule has 9 nitrogen and oxygen atoms in total. The molecule has 0 aliphatic carbocycles. The summed E-state index contributed by atoms with van der Waals surface area (Å²) in [6, 6.07) is 5.19. The number of rotatable bonds is 5. The highest BCUT2D eigenvalue weighted by Gasteiger charge is 2.12. The van der Waals surface area contributed by atoms with Gasteiger partial charge in [0.25, 0.3) is 11.6 Å². The number of amides is 1. The summed E-state index contributed by atoms with van der Waals surface area (Å²) in [4.78, 5) is 25.9. The van der Waals surface area contributed by atoms with Crippen LogP contribution in [0.5, 0.6) is 5.75 Å². The fourth-order valence-corrected chi connectivity index (χ4v) is 1.90. The molecule has 24 heavy (non-hydrogen) atoms. The molecule has 0 aliphatic heterocycles. The lowest BCUT2D eigenvalue weighted by atomic mass is 10.1. The van der Waals surface area contributed by atoms with Gasteiger partial charge >= 0.3 is 0 Å². The van der Waals surface area contributed by atoms with E-state index in [2.05, 4.69) is 15.5 Å². The van der Waals surface area contributed by atoms with Crippen molar-refractivity contribution in [3.63, 3.8) is 0 Å². The minimum atomic E-state index is -0.647. The lowest BCUT2D eigenvalue weighted by Gasteiger charge is -2.07. The van der Waals surface area contributed by atoms with Crippen LogP contribution in [0, 0.1) is 17.0 Å². The molecule has 0 saturated heterocycles. The molecule has 0 spiro atoms. The lowest BCUT2D eigenvalue weighted by Crippen LogP contribution is -2.17. The zero-order valence-corrected chi connectivity index (χ0v) is 12.6. The van der Waals surface area contributed by atoms with Gasteiger partial charge in [0, 0.05) is 35.0 Å². The standard InChI is InChI=1S/C15H14N4O5/c1-9-14(21)13(11(8-20)6-16-9)7-17-18-15(22)10-3-2-4-12(5-10)19(23)24/h2-7,20-21H,8H2,1H3,(H,18,22). The van der Waals surface area contributed by atoms with Gasteiger partial charge in [0.05, 0.1) is 23.4 Å². The fourth-order valence-electron chi connectivity index (χ4n) is 1.90. The SMILES string of the molecule is Cc1ncc(CO)c(C=NNC(=O)c2cccc([N+](=O)[O-])c2)c1O. The van der Waals surface area contributed by atoms with Gasteiger partial charge in [-0.15, -0.1) is 0 Å². The van der Waals surface area contributed by atoms with Crippen molar-refractivity contribution in [2.24, 2.45) is 5.10 Å². The Morgan fingerprint density at radius 2 is 2.25 bits per heavy atom. The summed E-state index contributed by atoms with van der Waals surface area (Å²) in [6.07, 6.45) is 2.56. The van der Waals surface area contributed by atoms with Gasteiger partial charge < -0.3 is 10.2 Å². The number of benzene rings is 1. The molecule has 0 bridgehead atoms. The molecule has 2 aromatic rings. The summed E-state index contributed by atoms with van der Waals surface area (Å²) < 4.78 is 0. The van der Waals surface area contributed by atoms with Crippen molar-refractivity contribution in [2.45, 2.75) is 13.5 Å². The molecule has 0 fully saturated rings. The molecule has 2 rings (SSSR count). The monoisotopic (exact) mass is 330 g/mol. The molecule has 1 aromatic heterocycles. The average molecular weight is 330 g/mol. The number of aliphatic hydroxyl groups is 1. The predicted molar refractivity (Wildman–Crippen MR) is 84.7 cm³/mol. The van der Waals surface area contributed by atoms with Crippen molar-refractivity contribution in [1.82, 2.24) is 10.4 Å². The quantitative estimate of drug-likeness (QED) is 0.428. The van der Waals surface area contributed by atoms with Gasteiger partial charge in [-0.1, -0.05) is 6.07 Å². The molecule has 9 heteroatoms. The van der Waals surface area contributed by atoms with Gasteiger partial charge in [-0.2, -0.15) is 5.10 Å². The van der Waals surface area contributed by atoms with E-state index in [9.17, 15) is 25.1 Å². The van der Waals surface area contributed by atoms with Crippen molar-refractivity contribution >= 4 is 17.8 Å². The van der Waals surface area contributed by atoms with Gasteiger partial charge in [0.15, 0.2) is 0 Å². The van der Waals surface area contributed by atoms with Crippen LogP contribution in [-0.4, -0.2) is 32.2 Å². The minimum Gasteiger partial charge on any atom is -0.505 e. The van der Waals surface area contributed by atoms with Crippen LogP contribution in [0.4, 0.5) is 5.69 Å². The Bertz CT molecular complexity index is 820. The second kappa shape index (κ2) is 7.29. The fraction of sp³-hybridized carbons (Fsp3) is 0.133. The molecule has 124 valence electrons. The average Bonchev–Trinajstić information content (AvgIpc) is 2.58. The third kappa shape index (κ3) is 3.70. The Hall–Kier alpha value is -3.33. The van der Waals surface area contributed by atoms with E-state index in [4.69, 9.17) is 0 Å².